The van der Waals surface area contributed by atoms with Crippen molar-refractivity contribution in [1.82, 2.24) is 4.98 Å². The van der Waals surface area contributed by atoms with Crippen LogP contribution in [0.15, 0.2) is 103 Å². The third kappa shape index (κ3) is 3.07. The van der Waals surface area contributed by atoms with E-state index in [1.54, 1.807) is 48.8 Å². The summed E-state index contributed by atoms with van der Waals surface area (Å²) in [5, 5.41) is 12.9. The summed E-state index contributed by atoms with van der Waals surface area (Å²) >= 11 is 0. The number of ketones is 1. The van der Waals surface area contributed by atoms with Gasteiger partial charge in [-0.1, -0.05) is 66.7 Å². The lowest BCUT2D eigenvalue weighted by molar-refractivity contribution is -0.132. The average Bonchev–Trinajstić information content (AvgIpc) is 3.09. The molecule has 1 aromatic heterocycles. The van der Waals surface area contributed by atoms with Crippen molar-refractivity contribution in [2.45, 2.75) is 6.04 Å². The van der Waals surface area contributed by atoms with Gasteiger partial charge in [0.1, 0.15) is 5.76 Å². The number of anilines is 1. The first-order valence-corrected chi connectivity index (χ1v) is 9.91. The van der Waals surface area contributed by atoms with E-state index in [-0.39, 0.29) is 11.3 Å². The number of aliphatic hydroxyl groups is 1. The van der Waals surface area contributed by atoms with E-state index in [1.165, 1.54) is 4.90 Å². The third-order valence-corrected chi connectivity index (χ3v) is 5.54. The molecule has 0 bridgehead atoms. The smallest absolute Gasteiger partial charge is 0.300 e. The highest BCUT2D eigenvalue weighted by molar-refractivity contribution is 6.52. The Morgan fingerprint density at radius 1 is 0.806 bits per heavy atom. The fraction of sp³-hybridized carbons (Fsp3) is 0.0385. The minimum absolute atomic E-state index is 0.0651. The summed E-state index contributed by atoms with van der Waals surface area (Å²) in [5.74, 6) is -1.57. The minimum Gasteiger partial charge on any atom is -0.507 e. The zero-order valence-corrected chi connectivity index (χ0v) is 16.5. The van der Waals surface area contributed by atoms with E-state index in [0.29, 0.717) is 16.8 Å². The number of carbonyl (C=O) groups is 2. The van der Waals surface area contributed by atoms with Crippen LogP contribution in [0.4, 0.5) is 5.69 Å². The summed E-state index contributed by atoms with van der Waals surface area (Å²) in [6.45, 7) is 0. The molecule has 3 aromatic carbocycles. The predicted octanol–water partition coefficient (Wildman–Crippen LogP) is 4.86. The zero-order valence-electron chi connectivity index (χ0n) is 16.5. The van der Waals surface area contributed by atoms with Gasteiger partial charge in [0, 0.05) is 23.3 Å². The molecule has 5 nitrogen and oxygen atoms in total. The first kappa shape index (κ1) is 18.8. The van der Waals surface area contributed by atoms with Gasteiger partial charge in [0.25, 0.3) is 11.7 Å². The Morgan fingerprint density at radius 2 is 1.48 bits per heavy atom. The maximum atomic E-state index is 13.3. The quantitative estimate of drug-likeness (QED) is 0.300. The number of carbonyl (C=O) groups excluding carboxylic acids is 2. The lowest BCUT2D eigenvalue weighted by atomic mass is 9.95. The summed E-state index contributed by atoms with van der Waals surface area (Å²) in [5.41, 5.74) is 1.86. The molecule has 150 valence electrons. The van der Waals surface area contributed by atoms with Gasteiger partial charge < -0.3 is 5.11 Å². The molecule has 1 fully saturated rings. The highest BCUT2D eigenvalue weighted by Gasteiger charge is 2.47. The van der Waals surface area contributed by atoms with E-state index in [2.05, 4.69) is 4.98 Å². The number of hydrogen-bond acceptors (Lipinski definition) is 4. The second-order valence-corrected chi connectivity index (χ2v) is 7.31. The van der Waals surface area contributed by atoms with Gasteiger partial charge in [0.2, 0.25) is 0 Å². The van der Waals surface area contributed by atoms with Crippen LogP contribution in [0.2, 0.25) is 0 Å². The van der Waals surface area contributed by atoms with E-state index in [9.17, 15) is 14.7 Å². The highest BCUT2D eigenvalue weighted by atomic mass is 16.3. The Hall–Kier alpha value is -4.25. The minimum atomic E-state index is -0.769. The lowest BCUT2D eigenvalue weighted by Gasteiger charge is -2.26. The van der Waals surface area contributed by atoms with Crippen molar-refractivity contribution in [3.05, 3.63) is 114 Å². The fourth-order valence-corrected chi connectivity index (χ4v) is 4.11. The monoisotopic (exact) mass is 406 g/mol. The fourth-order valence-electron chi connectivity index (χ4n) is 4.11. The van der Waals surface area contributed by atoms with Crippen LogP contribution < -0.4 is 4.90 Å². The maximum Gasteiger partial charge on any atom is 0.300 e. The van der Waals surface area contributed by atoms with Gasteiger partial charge in [0.15, 0.2) is 0 Å². The summed E-state index contributed by atoms with van der Waals surface area (Å²) in [6.07, 6.45) is 3.22. The molecule has 0 spiro atoms. The Kier molecular flexibility index (Phi) is 4.56. The molecule has 0 aliphatic carbocycles. The van der Waals surface area contributed by atoms with Gasteiger partial charge in [-0.3, -0.25) is 19.5 Å². The van der Waals surface area contributed by atoms with Crippen LogP contribution >= 0.6 is 0 Å². The molecule has 5 rings (SSSR count). The van der Waals surface area contributed by atoms with Gasteiger partial charge in [-0.2, -0.15) is 0 Å². The summed E-state index contributed by atoms with van der Waals surface area (Å²) < 4.78 is 0. The molecule has 0 radical (unpaired) electrons. The normalized spacial score (nSPS) is 17.9. The van der Waals surface area contributed by atoms with E-state index in [1.807, 2.05) is 48.5 Å². The van der Waals surface area contributed by atoms with Crippen LogP contribution in [0.1, 0.15) is 17.2 Å². The van der Waals surface area contributed by atoms with E-state index in [0.717, 1.165) is 10.8 Å². The van der Waals surface area contributed by atoms with Gasteiger partial charge >= 0.3 is 0 Å². The Labute approximate surface area is 178 Å². The summed E-state index contributed by atoms with van der Waals surface area (Å²) in [6, 6.07) is 24.9. The number of nitrogens with zero attached hydrogens (tertiary/aromatic N) is 2. The molecule has 1 N–H and O–H groups in total. The lowest BCUT2D eigenvalue weighted by Crippen LogP contribution is -2.29. The van der Waals surface area contributed by atoms with Crippen LogP contribution in [0.3, 0.4) is 0 Å². The third-order valence-electron chi connectivity index (χ3n) is 5.54. The second-order valence-electron chi connectivity index (χ2n) is 7.31. The first-order valence-electron chi connectivity index (χ1n) is 9.91. The Balaban J connectivity index is 1.79. The molecule has 4 aromatic rings. The van der Waals surface area contributed by atoms with Gasteiger partial charge in [-0.05, 0) is 29.1 Å². The number of benzene rings is 3. The topological polar surface area (TPSA) is 70.5 Å². The van der Waals surface area contributed by atoms with Gasteiger partial charge in [0.05, 0.1) is 17.3 Å². The number of rotatable bonds is 3. The molecule has 1 unspecified atom stereocenters. The number of Topliss-reactive ketones (excluding diaryl/α,β-unsaturated/α-hetero) is 1. The van der Waals surface area contributed by atoms with Crippen molar-refractivity contribution in [2.24, 2.45) is 0 Å². The molecule has 2 heterocycles. The SMILES string of the molecule is O=C1C(=O)N(c2cccc3ccccc23)C(c2ccncc2)/C1=C(\O)c1ccccc1. The Bertz CT molecular complexity index is 1330. The molecule has 1 amide bonds. The van der Waals surface area contributed by atoms with Gasteiger partial charge in [-0.25, -0.2) is 0 Å². The predicted molar refractivity (Wildman–Crippen MR) is 119 cm³/mol. The average molecular weight is 406 g/mol. The van der Waals surface area contributed by atoms with Gasteiger partial charge in [-0.15, -0.1) is 0 Å². The van der Waals surface area contributed by atoms with Crippen molar-refractivity contribution < 1.29 is 14.7 Å². The maximum absolute atomic E-state index is 13.3. The molecule has 1 aliphatic heterocycles. The largest absolute Gasteiger partial charge is 0.507 e. The molecular formula is C26H18N2O3. The van der Waals surface area contributed by atoms with Crippen LogP contribution in [0, 0.1) is 0 Å². The molecule has 5 heteroatoms. The summed E-state index contributed by atoms with van der Waals surface area (Å²) in [7, 11) is 0. The number of fused-ring (bicyclic) bond motifs is 1. The van der Waals surface area contributed by atoms with E-state index in [4.69, 9.17) is 0 Å². The highest BCUT2D eigenvalue weighted by Crippen LogP contribution is 2.43. The molecular weight excluding hydrogens is 388 g/mol. The van der Waals surface area contributed by atoms with Crippen LogP contribution in [0.5, 0.6) is 0 Å². The van der Waals surface area contributed by atoms with Crippen molar-refractivity contribution >= 4 is 33.9 Å². The second kappa shape index (κ2) is 7.54. The number of aliphatic hydroxyl groups excluding tert-OH is 1. The standard InChI is InChI=1S/C26H18N2O3/c29-24(19-8-2-1-3-9-19)22-23(18-13-15-27-16-14-18)28(26(31)25(22)30)21-12-6-10-17-7-4-5-11-20(17)21/h1-16,23,29H/b24-22+. The molecule has 0 saturated carbocycles. The van der Waals surface area contributed by atoms with E-state index >= 15 is 0 Å². The van der Waals surface area contributed by atoms with Crippen molar-refractivity contribution in [2.75, 3.05) is 4.90 Å². The molecule has 1 aliphatic rings. The number of pyridine rings is 1. The summed E-state index contributed by atoms with van der Waals surface area (Å²) in [4.78, 5) is 32.0. The zero-order chi connectivity index (χ0) is 21.4. The Morgan fingerprint density at radius 3 is 2.26 bits per heavy atom. The number of amides is 1. The van der Waals surface area contributed by atoms with Crippen LogP contribution in [0.25, 0.3) is 16.5 Å². The first-order chi connectivity index (χ1) is 15.2. The molecule has 1 atom stereocenters. The molecule has 31 heavy (non-hydrogen) atoms. The molecule has 1 saturated heterocycles. The van der Waals surface area contributed by atoms with Crippen molar-refractivity contribution in [3.63, 3.8) is 0 Å². The number of aromatic nitrogens is 1. The number of hydrogen-bond donors (Lipinski definition) is 1. The van der Waals surface area contributed by atoms with Crippen LogP contribution in [-0.2, 0) is 9.59 Å². The van der Waals surface area contributed by atoms with Crippen molar-refractivity contribution in [3.8, 4) is 0 Å². The van der Waals surface area contributed by atoms with Crippen molar-refractivity contribution in [1.29, 1.82) is 0 Å². The van der Waals surface area contributed by atoms with E-state index < -0.39 is 17.7 Å². The van der Waals surface area contributed by atoms with Crippen LogP contribution in [-0.4, -0.2) is 21.8 Å².